The van der Waals surface area contributed by atoms with Crippen molar-refractivity contribution >= 4 is 16.6 Å². The van der Waals surface area contributed by atoms with E-state index in [2.05, 4.69) is 12.2 Å². The number of methoxy groups -OCH3 is 1. The first-order chi connectivity index (χ1) is 11.0. The molecule has 0 radical (unpaired) electrons. The Morgan fingerprint density at radius 1 is 1.26 bits per heavy atom. The molecule has 0 bridgehead atoms. The maximum Gasteiger partial charge on any atom is 0.297 e. The molecule has 0 saturated carbocycles. The summed E-state index contributed by atoms with van der Waals surface area (Å²) in [5.74, 6) is 0.765. The topological polar surface area (TPSA) is 52.5 Å². The highest BCUT2D eigenvalue weighted by atomic mass is 16.5. The van der Waals surface area contributed by atoms with E-state index in [9.17, 15) is 4.79 Å². The van der Waals surface area contributed by atoms with Gasteiger partial charge in [-0.25, -0.2) is 0 Å². The molecule has 0 amide bonds. The molecule has 126 valence electrons. The van der Waals surface area contributed by atoms with Gasteiger partial charge in [-0.05, 0) is 38.5 Å². The fourth-order valence-corrected chi connectivity index (χ4v) is 2.54. The molecule has 0 unspecified atom stereocenters. The van der Waals surface area contributed by atoms with Crippen molar-refractivity contribution in [2.45, 2.75) is 39.7 Å². The SMILES string of the molecule is CCCCNc1ccc2c(OC)c(OC(C)C)c(=O)n(C)c2c1. The molecule has 5 nitrogen and oxygen atoms in total. The predicted molar refractivity (Wildman–Crippen MR) is 94.9 cm³/mol. The van der Waals surface area contributed by atoms with Crippen LogP contribution in [0.3, 0.4) is 0 Å². The molecule has 1 N–H and O–H groups in total. The summed E-state index contributed by atoms with van der Waals surface area (Å²) in [5, 5.41) is 4.25. The summed E-state index contributed by atoms with van der Waals surface area (Å²) < 4.78 is 12.8. The summed E-state index contributed by atoms with van der Waals surface area (Å²) in [6.07, 6.45) is 2.16. The number of aromatic nitrogens is 1. The number of nitrogens with zero attached hydrogens (tertiary/aromatic N) is 1. The van der Waals surface area contributed by atoms with Crippen LogP contribution in [0.15, 0.2) is 23.0 Å². The lowest BCUT2D eigenvalue weighted by Crippen LogP contribution is -2.23. The number of anilines is 1. The fourth-order valence-electron chi connectivity index (χ4n) is 2.54. The Balaban J connectivity index is 2.56. The molecule has 1 heterocycles. The summed E-state index contributed by atoms with van der Waals surface area (Å²) in [4.78, 5) is 12.6. The van der Waals surface area contributed by atoms with Gasteiger partial charge < -0.3 is 19.4 Å². The van der Waals surface area contributed by atoms with Crippen molar-refractivity contribution in [1.29, 1.82) is 0 Å². The third-order valence-corrected chi connectivity index (χ3v) is 3.73. The lowest BCUT2D eigenvalue weighted by atomic mass is 10.1. The number of hydrogen-bond donors (Lipinski definition) is 1. The third-order valence-electron chi connectivity index (χ3n) is 3.73. The minimum Gasteiger partial charge on any atom is -0.492 e. The van der Waals surface area contributed by atoms with E-state index < -0.39 is 0 Å². The number of benzene rings is 1. The van der Waals surface area contributed by atoms with Crippen LogP contribution in [0.2, 0.25) is 0 Å². The van der Waals surface area contributed by atoms with Crippen molar-refractivity contribution in [2.75, 3.05) is 19.0 Å². The first kappa shape index (κ1) is 17.2. The molecule has 0 spiro atoms. The molecule has 5 heteroatoms. The molecule has 0 aliphatic heterocycles. The van der Waals surface area contributed by atoms with Crippen molar-refractivity contribution in [3.63, 3.8) is 0 Å². The maximum atomic E-state index is 12.6. The molecule has 0 saturated heterocycles. The number of hydrogen-bond acceptors (Lipinski definition) is 4. The van der Waals surface area contributed by atoms with E-state index in [1.165, 1.54) is 0 Å². The van der Waals surface area contributed by atoms with Gasteiger partial charge in [-0.3, -0.25) is 4.79 Å². The normalized spacial score (nSPS) is 11.0. The number of rotatable bonds is 7. The molecule has 2 rings (SSSR count). The summed E-state index contributed by atoms with van der Waals surface area (Å²) in [6, 6.07) is 5.95. The smallest absolute Gasteiger partial charge is 0.297 e. The monoisotopic (exact) mass is 318 g/mol. The highest BCUT2D eigenvalue weighted by molar-refractivity contribution is 5.90. The van der Waals surface area contributed by atoms with Gasteiger partial charge in [0.15, 0.2) is 5.75 Å². The summed E-state index contributed by atoms with van der Waals surface area (Å²) in [7, 11) is 3.32. The van der Waals surface area contributed by atoms with Crippen molar-refractivity contribution < 1.29 is 9.47 Å². The molecule has 0 fully saturated rings. The minimum absolute atomic E-state index is 0.0935. The van der Waals surface area contributed by atoms with Crippen molar-refractivity contribution in [2.24, 2.45) is 7.05 Å². The van der Waals surface area contributed by atoms with Crippen LogP contribution in [-0.2, 0) is 7.05 Å². The average molecular weight is 318 g/mol. The van der Waals surface area contributed by atoms with Crippen molar-refractivity contribution in [3.8, 4) is 11.5 Å². The Morgan fingerprint density at radius 3 is 2.61 bits per heavy atom. The Hall–Kier alpha value is -2.17. The number of unbranched alkanes of at least 4 members (excludes halogenated alkanes) is 1. The van der Waals surface area contributed by atoms with Crippen LogP contribution >= 0.6 is 0 Å². The maximum absolute atomic E-state index is 12.6. The zero-order valence-corrected chi connectivity index (χ0v) is 14.6. The van der Waals surface area contributed by atoms with Crippen LogP contribution in [0.25, 0.3) is 10.9 Å². The van der Waals surface area contributed by atoms with Crippen LogP contribution in [0.1, 0.15) is 33.6 Å². The van der Waals surface area contributed by atoms with Crippen LogP contribution in [0.5, 0.6) is 11.5 Å². The first-order valence-electron chi connectivity index (χ1n) is 8.10. The summed E-state index contributed by atoms with van der Waals surface area (Å²) >= 11 is 0. The van der Waals surface area contributed by atoms with Crippen LogP contribution in [0.4, 0.5) is 5.69 Å². The Kier molecular flexibility index (Phi) is 5.53. The van der Waals surface area contributed by atoms with Gasteiger partial charge in [0, 0.05) is 24.7 Å². The van der Waals surface area contributed by atoms with Gasteiger partial charge in [0.05, 0.1) is 18.7 Å². The molecule has 0 aliphatic carbocycles. The number of nitrogens with one attached hydrogen (secondary N) is 1. The van der Waals surface area contributed by atoms with E-state index in [0.29, 0.717) is 5.75 Å². The number of fused-ring (bicyclic) bond motifs is 1. The van der Waals surface area contributed by atoms with E-state index in [1.54, 1.807) is 18.7 Å². The van der Waals surface area contributed by atoms with Gasteiger partial charge in [0.25, 0.3) is 5.56 Å². The lowest BCUT2D eigenvalue weighted by Gasteiger charge is -2.17. The Morgan fingerprint density at radius 2 is 2.00 bits per heavy atom. The van der Waals surface area contributed by atoms with E-state index in [1.807, 2.05) is 32.0 Å². The minimum atomic E-state index is -0.186. The predicted octanol–water partition coefficient (Wildman–Crippen LogP) is 3.55. The van der Waals surface area contributed by atoms with E-state index >= 15 is 0 Å². The zero-order chi connectivity index (χ0) is 17.0. The second-order valence-electron chi connectivity index (χ2n) is 5.91. The standard InChI is InChI=1S/C18H26N2O3/c1-6-7-10-19-13-8-9-14-15(11-13)20(4)18(21)17(16(14)22-5)23-12(2)3/h8-9,11-12,19H,6-7,10H2,1-5H3. The molecule has 2 aromatic rings. The second-order valence-corrected chi connectivity index (χ2v) is 5.91. The van der Waals surface area contributed by atoms with Crippen LogP contribution in [0, 0.1) is 0 Å². The van der Waals surface area contributed by atoms with Crippen LogP contribution in [-0.4, -0.2) is 24.3 Å². The largest absolute Gasteiger partial charge is 0.492 e. The molecule has 0 aliphatic rings. The summed E-state index contributed by atoms with van der Waals surface area (Å²) in [6.45, 7) is 6.86. The van der Waals surface area contributed by atoms with Gasteiger partial charge in [-0.2, -0.15) is 0 Å². The molecule has 23 heavy (non-hydrogen) atoms. The van der Waals surface area contributed by atoms with Gasteiger partial charge in [-0.15, -0.1) is 0 Å². The van der Waals surface area contributed by atoms with Crippen molar-refractivity contribution in [3.05, 3.63) is 28.6 Å². The summed E-state index contributed by atoms with van der Waals surface area (Å²) in [5.41, 5.74) is 1.64. The highest BCUT2D eigenvalue weighted by Gasteiger charge is 2.18. The van der Waals surface area contributed by atoms with Crippen molar-refractivity contribution in [1.82, 2.24) is 4.57 Å². The van der Waals surface area contributed by atoms with Gasteiger partial charge >= 0.3 is 0 Å². The van der Waals surface area contributed by atoms with Gasteiger partial charge in [0.2, 0.25) is 5.75 Å². The molecule has 0 atom stereocenters. The molecular weight excluding hydrogens is 292 g/mol. The highest BCUT2D eigenvalue weighted by Crippen LogP contribution is 2.34. The van der Waals surface area contributed by atoms with Gasteiger partial charge in [-0.1, -0.05) is 13.3 Å². The van der Waals surface area contributed by atoms with E-state index in [4.69, 9.17) is 9.47 Å². The quantitative estimate of drug-likeness (QED) is 0.793. The average Bonchev–Trinajstić information content (AvgIpc) is 2.53. The van der Waals surface area contributed by atoms with E-state index in [0.717, 1.165) is 36.0 Å². The second kappa shape index (κ2) is 7.40. The fraction of sp³-hybridized carbons (Fsp3) is 0.500. The molecule has 1 aromatic carbocycles. The third kappa shape index (κ3) is 3.60. The van der Waals surface area contributed by atoms with Crippen LogP contribution < -0.4 is 20.3 Å². The lowest BCUT2D eigenvalue weighted by molar-refractivity contribution is 0.226. The molecular formula is C18H26N2O3. The first-order valence-corrected chi connectivity index (χ1v) is 8.10. The number of aryl methyl sites for hydroxylation is 1. The number of ether oxygens (including phenoxy) is 2. The van der Waals surface area contributed by atoms with Gasteiger partial charge in [0.1, 0.15) is 0 Å². The van der Waals surface area contributed by atoms with E-state index in [-0.39, 0.29) is 17.4 Å². The Bertz CT molecular complexity index is 735. The molecule has 1 aromatic heterocycles. The Labute approximate surface area is 137 Å². The number of pyridine rings is 1. The zero-order valence-electron chi connectivity index (χ0n) is 14.6.